The Labute approximate surface area is 221 Å². The van der Waals surface area contributed by atoms with Gasteiger partial charge < -0.3 is 20.3 Å². The summed E-state index contributed by atoms with van der Waals surface area (Å²) in [7, 11) is 0. The maximum absolute atomic E-state index is 12.0. The molecule has 2 aliphatic rings. The van der Waals surface area contributed by atoms with E-state index in [-0.39, 0.29) is 24.0 Å². The highest BCUT2D eigenvalue weighted by molar-refractivity contribution is 5.91. The van der Waals surface area contributed by atoms with Crippen LogP contribution in [0.15, 0.2) is 42.9 Å². The van der Waals surface area contributed by atoms with Crippen LogP contribution in [0.1, 0.15) is 39.7 Å². The molecule has 198 valence electrons. The van der Waals surface area contributed by atoms with Gasteiger partial charge in [0.2, 0.25) is 5.91 Å². The lowest BCUT2D eigenvalue weighted by Crippen LogP contribution is -2.58. The lowest BCUT2D eigenvalue weighted by Gasteiger charge is -2.45. The normalized spacial score (nSPS) is 20.8. The molecule has 1 aromatic carbocycles. The molecule has 0 bridgehead atoms. The number of nitrogens with zero attached hydrogens (tertiary/aromatic N) is 8. The average Bonchev–Trinajstić information content (AvgIpc) is 3.55. The van der Waals surface area contributed by atoms with Crippen molar-refractivity contribution in [1.29, 1.82) is 0 Å². The van der Waals surface area contributed by atoms with Gasteiger partial charge in [-0.1, -0.05) is 17.3 Å². The molecular formula is C27H33N9O2. The number of hydrogen-bond donors (Lipinski definition) is 1. The second-order valence-corrected chi connectivity index (χ2v) is 10.3. The second-order valence-electron chi connectivity index (χ2n) is 10.3. The first-order valence-electron chi connectivity index (χ1n) is 13.2. The largest absolute Gasteiger partial charge is 0.382 e. The summed E-state index contributed by atoms with van der Waals surface area (Å²) in [6.07, 6.45) is 5.04. The van der Waals surface area contributed by atoms with Crippen LogP contribution in [0.25, 0.3) is 28.0 Å². The summed E-state index contributed by atoms with van der Waals surface area (Å²) in [4.78, 5) is 20.6. The topological polar surface area (TPSA) is 120 Å². The molecule has 11 nitrogen and oxygen atoms in total. The zero-order valence-electron chi connectivity index (χ0n) is 22.0. The highest BCUT2D eigenvalue weighted by Gasteiger charge is 2.31. The van der Waals surface area contributed by atoms with Crippen molar-refractivity contribution in [3.8, 4) is 22.5 Å². The third kappa shape index (κ3) is 4.16. The molecule has 0 aliphatic carbocycles. The molecule has 2 fully saturated rings. The Morgan fingerprint density at radius 3 is 2.58 bits per heavy atom. The van der Waals surface area contributed by atoms with Crippen LogP contribution in [0.3, 0.4) is 0 Å². The first-order chi connectivity index (χ1) is 18.4. The van der Waals surface area contributed by atoms with Crippen molar-refractivity contribution in [2.45, 2.75) is 51.7 Å². The minimum absolute atomic E-state index is 0.121. The van der Waals surface area contributed by atoms with Crippen molar-refractivity contribution in [2.24, 2.45) is 0 Å². The number of rotatable bonds is 4. The van der Waals surface area contributed by atoms with E-state index in [0.717, 1.165) is 46.6 Å². The molecular weight excluding hydrogens is 482 g/mol. The van der Waals surface area contributed by atoms with Crippen molar-refractivity contribution in [1.82, 2.24) is 34.5 Å². The minimum Gasteiger partial charge on any atom is -0.382 e. The Kier molecular flexibility index (Phi) is 6.22. The number of amides is 1. The number of aromatic nitrogens is 6. The number of anilines is 2. The third-order valence-electron chi connectivity index (χ3n) is 7.77. The number of nitrogens with two attached hydrogens (primary N) is 1. The number of hydrogen-bond acceptors (Lipinski definition) is 8. The van der Waals surface area contributed by atoms with Crippen LogP contribution >= 0.6 is 0 Å². The molecule has 2 saturated heterocycles. The molecule has 38 heavy (non-hydrogen) atoms. The van der Waals surface area contributed by atoms with E-state index in [1.165, 1.54) is 6.33 Å². The van der Waals surface area contributed by atoms with E-state index in [0.29, 0.717) is 32.1 Å². The van der Waals surface area contributed by atoms with Crippen LogP contribution in [0, 0.1) is 0 Å². The molecule has 0 spiro atoms. The molecule has 0 saturated carbocycles. The smallest absolute Gasteiger partial charge is 0.219 e. The van der Waals surface area contributed by atoms with Gasteiger partial charge in [-0.25, -0.2) is 14.2 Å². The Morgan fingerprint density at radius 1 is 1.08 bits per heavy atom. The monoisotopic (exact) mass is 515 g/mol. The lowest BCUT2D eigenvalue weighted by molar-refractivity contribution is -0.130. The van der Waals surface area contributed by atoms with Crippen LogP contribution in [-0.4, -0.2) is 78.8 Å². The number of carbonyl (C=O) groups excluding carboxylic acids is 1. The van der Waals surface area contributed by atoms with Crippen LogP contribution in [0.5, 0.6) is 0 Å². The number of ether oxygens (including phenoxy) is 1. The quantitative estimate of drug-likeness (QED) is 0.440. The summed E-state index contributed by atoms with van der Waals surface area (Å²) in [5, 5.41) is 13.3. The van der Waals surface area contributed by atoms with Gasteiger partial charge in [0.15, 0.2) is 5.82 Å². The first kappa shape index (κ1) is 24.4. The predicted molar refractivity (Wildman–Crippen MR) is 145 cm³/mol. The van der Waals surface area contributed by atoms with E-state index in [4.69, 9.17) is 10.5 Å². The molecule has 2 aliphatic heterocycles. The molecule has 11 heteroatoms. The highest BCUT2D eigenvalue weighted by Crippen LogP contribution is 2.37. The molecule has 2 atom stereocenters. The van der Waals surface area contributed by atoms with Crippen molar-refractivity contribution in [3.05, 3.63) is 42.9 Å². The van der Waals surface area contributed by atoms with E-state index in [2.05, 4.69) is 69.5 Å². The van der Waals surface area contributed by atoms with Gasteiger partial charge in [0.05, 0.1) is 23.6 Å². The van der Waals surface area contributed by atoms with Crippen LogP contribution in [0.2, 0.25) is 0 Å². The maximum atomic E-state index is 12.0. The zero-order chi connectivity index (χ0) is 26.4. The van der Waals surface area contributed by atoms with Gasteiger partial charge in [-0.3, -0.25) is 4.79 Å². The Bertz CT molecular complexity index is 1460. The van der Waals surface area contributed by atoms with Crippen molar-refractivity contribution in [2.75, 3.05) is 36.9 Å². The van der Waals surface area contributed by atoms with Gasteiger partial charge in [-0.15, -0.1) is 5.10 Å². The summed E-state index contributed by atoms with van der Waals surface area (Å²) < 4.78 is 9.41. The van der Waals surface area contributed by atoms with Gasteiger partial charge in [-0.2, -0.15) is 5.10 Å². The van der Waals surface area contributed by atoms with E-state index in [9.17, 15) is 4.79 Å². The fourth-order valence-electron chi connectivity index (χ4n) is 6.02. The summed E-state index contributed by atoms with van der Waals surface area (Å²) >= 11 is 0. The number of fused-ring (bicyclic) bond motifs is 1. The van der Waals surface area contributed by atoms with Crippen LogP contribution in [-0.2, 0) is 9.53 Å². The number of piperazine rings is 1. The predicted octanol–water partition coefficient (Wildman–Crippen LogP) is 3.03. The van der Waals surface area contributed by atoms with E-state index in [1.807, 2.05) is 14.1 Å². The average molecular weight is 516 g/mol. The first-order valence-corrected chi connectivity index (χ1v) is 13.2. The summed E-state index contributed by atoms with van der Waals surface area (Å²) in [5.74, 6) is 0.524. The summed E-state index contributed by atoms with van der Waals surface area (Å²) in [5.41, 5.74) is 12.0. The van der Waals surface area contributed by atoms with E-state index in [1.54, 1.807) is 13.1 Å². The third-order valence-corrected chi connectivity index (χ3v) is 7.77. The number of carbonyl (C=O) groups is 1. The van der Waals surface area contributed by atoms with Crippen LogP contribution in [0.4, 0.5) is 11.5 Å². The SMILES string of the molecule is CC(=O)N1CC(C)N(c2cccc(-c3cc(-c4cnnn4C4CCOCC4)c4c(N)ncnn34)c2)C(C)C1. The Balaban J connectivity index is 1.43. The van der Waals surface area contributed by atoms with Gasteiger partial charge in [-0.05, 0) is 44.9 Å². The molecule has 0 radical (unpaired) electrons. The fraction of sp³-hybridized carbons (Fsp3) is 0.444. The lowest BCUT2D eigenvalue weighted by atomic mass is 10.0. The molecule has 3 aromatic heterocycles. The molecule has 1 amide bonds. The van der Waals surface area contributed by atoms with E-state index < -0.39 is 0 Å². The van der Waals surface area contributed by atoms with Crippen LogP contribution < -0.4 is 10.6 Å². The molecule has 4 aromatic rings. The maximum Gasteiger partial charge on any atom is 0.219 e. The van der Waals surface area contributed by atoms with Gasteiger partial charge in [0, 0.05) is 62.1 Å². The highest BCUT2D eigenvalue weighted by atomic mass is 16.5. The molecule has 2 N–H and O–H groups in total. The van der Waals surface area contributed by atoms with Crippen molar-refractivity contribution < 1.29 is 9.53 Å². The number of nitrogen functional groups attached to an aromatic ring is 1. The Morgan fingerprint density at radius 2 is 1.84 bits per heavy atom. The fourth-order valence-corrected chi connectivity index (χ4v) is 6.02. The van der Waals surface area contributed by atoms with Gasteiger partial charge >= 0.3 is 0 Å². The van der Waals surface area contributed by atoms with E-state index >= 15 is 0 Å². The molecule has 6 rings (SSSR count). The Hall–Kier alpha value is -3.99. The minimum atomic E-state index is 0.121. The molecule has 5 heterocycles. The second kappa shape index (κ2) is 9.71. The van der Waals surface area contributed by atoms with Crippen molar-refractivity contribution in [3.63, 3.8) is 0 Å². The molecule has 2 unspecified atom stereocenters. The zero-order valence-corrected chi connectivity index (χ0v) is 22.0. The summed E-state index contributed by atoms with van der Waals surface area (Å²) in [6, 6.07) is 11.2. The standard InChI is InChI=1S/C27H33N9O2/c1-17-14-33(19(3)37)15-18(2)34(17)22-6-4-5-20(11-22)24-12-23(26-27(28)29-16-31-36(24)26)25-13-30-32-35(25)21-7-9-38-10-8-21/h4-6,11-13,16-18,21H,7-10,14-15H2,1-3H3,(H2,28,29,31). The van der Waals surface area contributed by atoms with Gasteiger partial charge in [0.1, 0.15) is 11.8 Å². The summed E-state index contributed by atoms with van der Waals surface area (Å²) in [6.45, 7) is 8.80. The number of benzene rings is 1. The van der Waals surface area contributed by atoms with Gasteiger partial charge in [0.25, 0.3) is 0 Å². The van der Waals surface area contributed by atoms with Crippen molar-refractivity contribution >= 4 is 22.9 Å².